The van der Waals surface area contributed by atoms with Gasteiger partial charge in [-0.1, -0.05) is 32.0 Å². The zero-order chi connectivity index (χ0) is 32.3. The lowest BCUT2D eigenvalue weighted by Crippen LogP contribution is -2.47. The third-order valence-corrected chi connectivity index (χ3v) is 8.60. The second-order valence-corrected chi connectivity index (χ2v) is 12.0. The lowest BCUT2D eigenvalue weighted by atomic mass is 9.97. The van der Waals surface area contributed by atoms with E-state index in [0.29, 0.717) is 12.8 Å². The molecule has 1 fully saturated rings. The number of imidazole rings is 1. The molecule has 1 saturated heterocycles. The fourth-order valence-corrected chi connectivity index (χ4v) is 6.08. The van der Waals surface area contributed by atoms with Crippen molar-refractivity contribution in [1.82, 2.24) is 24.6 Å². The van der Waals surface area contributed by atoms with E-state index < -0.39 is 50.2 Å². The highest BCUT2D eigenvalue weighted by atomic mass is 31.2. The molecule has 0 amide bonds. The van der Waals surface area contributed by atoms with Crippen LogP contribution in [-0.4, -0.2) is 73.6 Å². The summed E-state index contributed by atoms with van der Waals surface area (Å²) in [5.74, 6) is -4.15. The third-order valence-electron chi connectivity index (χ3n) is 6.97. The summed E-state index contributed by atoms with van der Waals surface area (Å²) in [6.07, 6.45) is -2.43. The Kier molecular flexibility index (Phi) is 10.1. The van der Waals surface area contributed by atoms with Crippen LogP contribution in [0.3, 0.4) is 0 Å². The highest BCUT2D eigenvalue weighted by Gasteiger charge is 2.65. The summed E-state index contributed by atoms with van der Waals surface area (Å²) >= 11 is 0. The quantitative estimate of drug-likeness (QED) is 0.170. The molecule has 17 heteroatoms. The number of nitrogens with two attached hydrogens (primary N) is 1. The van der Waals surface area contributed by atoms with E-state index in [2.05, 4.69) is 20.0 Å². The van der Waals surface area contributed by atoms with Crippen LogP contribution in [0.15, 0.2) is 36.7 Å². The number of ether oxygens (including phenoxy) is 3. The molecule has 0 saturated carbocycles. The number of fused-ring (bicyclic) bond motifs is 1. The zero-order valence-electron chi connectivity index (χ0n) is 25.0. The summed E-state index contributed by atoms with van der Waals surface area (Å²) in [5, 5.41) is 13.3. The molecule has 1 aromatic carbocycles. The topological polar surface area (TPSA) is 182 Å². The van der Waals surface area contributed by atoms with Crippen molar-refractivity contribution in [3.63, 3.8) is 0 Å². The minimum atomic E-state index is -4.59. The lowest BCUT2D eigenvalue weighted by Gasteiger charge is -2.28. The van der Waals surface area contributed by atoms with Crippen molar-refractivity contribution in [2.75, 3.05) is 18.9 Å². The summed E-state index contributed by atoms with van der Waals surface area (Å²) in [4.78, 5) is 24.9. The fourth-order valence-electron chi connectivity index (χ4n) is 4.57. The summed E-state index contributed by atoms with van der Waals surface area (Å²) in [5.41, 5.74) is 3.05. The second-order valence-electron chi connectivity index (χ2n) is 10.4. The van der Waals surface area contributed by atoms with Crippen molar-refractivity contribution >= 4 is 30.8 Å². The molecule has 3 aromatic rings. The first-order valence-corrected chi connectivity index (χ1v) is 15.6. The smallest absolute Gasteiger partial charge is 0.459 e. The first kappa shape index (κ1) is 33.5. The molecule has 0 spiro atoms. The Labute approximate surface area is 252 Å². The van der Waals surface area contributed by atoms with Crippen LogP contribution < -0.4 is 20.1 Å². The van der Waals surface area contributed by atoms with Crippen LogP contribution in [0.2, 0.25) is 0 Å². The molecular weight excluding hydrogens is 605 g/mol. The number of nitrogens with one attached hydrogen (secondary N) is 1. The molecule has 44 heavy (non-hydrogen) atoms. The molecule has 4 N–H and O–H groups in total. The molecule has 0 bridgehead atoms. The Morgan fingerprint density at radius 2 is 1.91 bits per heavy atom. The van der Waals surface area contributed by atoms with E-state index in [1.807, 2.05) is 13.8 Å². The molecule has 242 valence electrons. The summed E-state index contributed by atoms with van der Waals surface area (Å²) in [6, 6.07) is 6.55. The minimum absolute atomic E-state index is 0.0182. The number of rotatable bonds is 14. The van der Waals surface area contributed by atoms with Gasteiger partial charge >= 0.3 is 13.7 Å². The number of carbonyl (C=O) groups is 1. The van der Waals surface area contributed by atoms with Gasteiger partial charge in [0.25, 0.3) is 5.85 Å². The Balaban J connectivity index is 1.60. The Morgan fingerprint density at radius 3 is 2.55 bits per heavy atom. The van der Waals surface area contributed by atoms with Crippen LogP contribution in [0, 0.1) is 0 Å². The van der Waals surface area contributed by atoms with E-state index in [1.54, 1.807) is 25.1 Å². The molecule has 4 rings (SSSR count). The first-order chi connectivity index (χ1) is 20.8. The molecule has 0 radical (unpaired) electrons. The van der Waals surface area contributed by atoms with Gasteiger partial charge in [0, 0.05) is 0 Å². The van der Waals surface area contributed by atoms with E-state index in [9.17, 15) is 14.5 Å². The molecule has 1 unspecified atom stereocenters. The number of halogens is 2. The van der Waals surface area contributed by atoms with Gasteiger partial charge in [-0.2, -0.15) is 15.1 Å². The molecule has 1 aliphatic heterocycles. The van der Waals surface area contributed by atoms with Crippen molar-refractivity contribution in [1.29, 1.82) is 0 Å². The van der Waals surface area contributed by atoms with Crippen molar-refractivity contribution in [3.05, 3.63) is 36.7 Å². The SMILES string of the molecule is CCOc1nc(N)nc2c1ncn2[C@@H]1O[C@](F)(COP(=O)(N[C@@H](C)C(=O)OC(CC)CC)Oc2ccccc2)[C@@H](O)[C@@]1(C)F. The number of para-hydroxylation sites is 1. The number of hydrogen-bond donors (Lipinski definition) is 3. The number of nitrogens with zero attached hydrogens (tertiary/aromatic N) is 4. The van der Waals surface area contributed by atoms with Crippen LogP contribution in [0.5, 0.6) is 11.6 Å². The summed E-state index contributed by atoms with van der Waals surface area (Å²) in [6.45, 7) is 6.62. The highest BCUT2D eigenvalue weighted by molar-refractivity contribution is 7.52. The number of anilines is 1. The Morgan fingerprint density at radius 1 is 1.23 bits per heavy atom. The van der Waals surface area contributed by atoms with Crippen LogP contribution in [0.25, 0.3) is 11.2 Å². The Hall–Kier alpha value is -3.43. The molecule has 0 aliphatic carbocycles. The van der Waals surface area contributed by atoms with Gasteiger partial charge in [0.15, 0.2) is 29.2 Å². The molecule has 2 aromatic heterocycles. The number of aliphatic hydroxyl groups excluding tert-OH is 1. The number of carbonyl (C=O) groups excluding carboxylic acids is 1. The van der Waals surface area contributed by atoms with Crippen LogP contribution in [0.1, 0.15) is 53.7 Å². The predicted octanol–water partition coefficient (Wildman–Crippen LogP) is 4.00. The monoisotopic (exact) mass is 642 g/mol. The average molecular weight is 643 g/mol. The maximum absolute atomic E-state index is 16.3. The minimum Gasteiger partial charge on any atom is -0.476 e. The molecule has 1 aliphatic rings. The van der Waals surface area contributed by atoms with E-state index in [4.69, 9.17) is 29.0 Å². The first-order valence-electron chi connectivity index (χ1n) is 14.1. The lowest BCUT2D eigenvalue weighted by molar-refractivity contribution is -0.202. The molecule has 6 atom stereocenters. The third kappa shape index (κ3) is 6.94. The molecule has 14 nitrogen and oxygen atoms in total. The maximum Gasteiger partial charge on any atom is 0.459 e. The number of hydrogen-bond acceptors (Lipinski definition) is 12. The van der Waals surface area contributed by atoms with E-state index in [-0.39, 0.29) is 41.5 Å². The maximum atomic E-state index is 16.3. The van der Waals surface area contributed by atoms with Gasteiger partial charge in [-0.05, 0) is 45.7 Å². The Bertz CT molecular complexity index is 1490. The normalized spacial score (nSPS) is 25.6. The van der Waals surface area contributed by atoms with Crippen molar-refractivity contribution < 1.29 is 46.5 Å². The van der Waals surface area contributed by atoms with Gasteiger partial charge in [0.2, 0.25) is 11.8 Å². The van der Waals surface area contributed by atoms with Crippen LogP contribution in [0.4, 0.5) is 14.7 Å². The van der Waals surface area contributed by atoms with E-state index in [0.717, 1.165) is 17.8 Å². The van der Waals surface area contributed by atoms with Gasteiger partial charge in [-0.15, -0.1) is 0 Å². The number of nitrogen functional groups attached to an aromatic ring is 1. The predicted molar refractivity (Wildman–Crippen MR) is 154 cm³/mol. The number of benzene rings is 1. The number of aromatic nitrogens is 4. The van der Waals surface area contributed by atoms with Crippen LogP contribution in [-0.2, 0) is 23.4 Å². The van der Waals surface area contributed by atoms with Gasteiger partial charge in [-0.3, -0.25) is 13.9 Å². The van der Waals surface area contributed by atoms with E-state index >= 15 is 8.78 Å². The van der Waals surface area contributed by atoms with Crippen molar-refractivity contribution in [2.24, 2.45) is 0 Å². The number of alkyl halides is 2. The molecule has 3 heterocycles. The second kappa shape index (κ2) is 13.3. The number of esters is 1. The van der Waals surface area contributed by atoms with Crippen LogP contribution >= 0.6 is 7.75 Å². The fraction of sp³-hybridized carbons (Fsp3) is 0.556. The largest absolute Gasteiger partial charge is 0.476 e. The van der Waals surface area contributed by atoms with E-state index in [1.165, 1.54) is 19.1 Å². The van der Waals surface area contributed by atoms with Gasteiger partial charge in [0.05, 0.1) is 12.9 Å². The van der Waals surface area contributed by atoms with Gasteiger partial charge in [-0.25, -0.2) is 18.3 Å². The van der Waals surface area contributed by atoms with Gasteiger partial charge in [0.1, 0.15) is 24.5 Å². The van der Waals surface area contributed by atoms with Crippen molar-refractivity contribution in [3.8, 4) is 11.6 Å². The summed E-state index contributed by atoms with van der Waals surface area (Å²) < 4.78 is 74.5. The highest BCUT2D eigenvalue weighted by Crippen LogP contribution is 2.52. The van der Waals surface area contributed by atoms with Gasteiger partial charge < -0.3 is 29.6 Å². The van der Waals surface area contributed by atoms with Crippen molar-refractivity contribution in [2.45, 2.75) is 83.5 Å². The zero-order valence-corrected chi connectivity index (χ0v) is 25.9. The summed E-state index contributed by atoms with van der Waals surface area (Å²) in [7, 11) is -4.59. The number of aliphatic hydroxyl groups is 1. The molecular formula is C27H37F2N6O8P. The standard InChI is InChI=1S/C27H37F2N6O8P/c1-6-17(7-2)41-22(36)16(4)34-44(38,43-18-12-10-9-11-13-18)40-14-27(29)23(37)26(5,28)24(42-27)35-15-31-19-20(35)32-25(30)33-21(19)39-8-3/h9-13,15-17,23-24,37H,6-8,14H2,1-5H3,(H,34,38)(H2,30,32,33)/t16-,23-,24+,26+,27+,44?/m0/s1. The average Bonchev–Trinajstić information content (AvgIpc) is 3.47.